The minimum Gasteiger partial charge on any atom is -0.368 e. The van der Waals surface area contributed by atoms with Gasteiger partial charge in [0.15, 0.2) is 0 Å². The molecule has 0 aliphatic carbocycles. The van der Waals surface area contributed by atoms with Crippen LogP contribution in [0.25, 0.3) is 0 Å². The molecule has 14 heavy (non-hydrogen) atoms. The van der Waals surface area contributed by atoms with Crippen molar-refractivity contribution >= 4 is 5.97 Å². The molecule has 0 amide bonds. The zero-order chi connectivity index (χ0) is 9.80. The smallest absolute Gasteiger partial charge is 0.326 e. The monoisotopic (exact) mass is 198 g/mol. The molecule has 1 N–H and O–H groups in total. The Kier molecular flexibility index (Phi) is 3.37. The SMILES string of the molecule is O=C1CCN(CCC2CCCNC2)O1. The van der Waals surface area contributed by atoms with Gasteiger partial charge in [-0.2, -0.15) is 0 Å². The van der Waals surface area contributed by atoms with Crippen LogP contribution in [0, 0.1) is 5.92 Å². The first-order chi connectivity index (χ1) is 6.84. The van der Waals surface area contributed by atoms with Crippen LogP contribution in [0.1, 0.15) is 25.7 Å². The van der Waals surface area contributed by atoms with Gasteiger partial charge in [0.2, 0.25) is 0 Å². The van der Waals surface area contributed by atoms with E-state index in [-0.39, 0.29) is 5.97 Å². The quantitative estimate of drug-likeness (QED) is 0.718. The third kappa shape index (κ3) is 2.69. The average molecular weight is 198 g/mol. The number of hydrogen-bond donors (Lipinski definition) is 1. The lowest BCUT2D eigenvalue weighted by Crippen LogP contribution is -2.32. The van der Waals surface area contributed by atoms with Crippen molar-refractivity contribution in [2.24, 2.45) is 5.92 Å². The van der Waals surface area contributed by atoms with Crippen LogP contribution in [0.5, 0.6) is 0 Å². The van der Waals surface area contributed by atoms with E-state index >= 15 is 0 Å². The molecular formula is C10H18N2O2. The van der Waals surface area contributed by atoms with E-state index in [0.717, 1.165) is 38.5 Å². The maximum absolute atomic E-state index is 10.8. The predicted molar refractivity (Wildman–Crippen MR) is 52.5 cm³/mol. The van der Waals surface area contributed by atoms with Gasteiger partial charge in [-0.3, -0.25) is 4.79 Å². The zero-order valence-electron chi connectivity index (χ0n) is 8.50. The number of nitrogens with one attached hydrogen (secondary N) is 1. The molecule has 80 valence electrons. The maximum Gasteiger partial charge on any atom is 0.326 e. The lowest BCUT2D eigenvalue weighted by Gasteiger charge is -2.24. The average Bonchev–Trinajstić information content (AvgIpc) is 2.63. The Morgan fingerprint density at radius 1 is 1.57 bits per heavy atom. The van der Waals surface area contributed by atoms with Gasteiger partial charge in [0.05, 0.1) is 6.42 Å². The molecule has 2 saturated heterocycles. The summed E-state index contributed by atoms with van der Waals surface area (Å²) in [4.78, 5) is 15.9. The van der Waals surface area contributed by atoms with E-state index in [1.165, 1.54) is 12.8 Å². The molecule has 1 atom stereocenters. The topological polar surface area (TPSA) is 41.6 Å². The highest BCUT2D eigenvalue weighted by atomic mass is 16.7. The maximum atomic E-state index is 10.8. The fourth-order valence-corrected chi connectivity index (χ4v) is 2.11. The van der Waals surface area contributed by atoms with Crippen molar-refractivity contribution in [3.8, 4) is 0 Å². The minimum atomic E-state index is -0.0771. The third-order valence-electron chi connectivity index (χ3n) is 2.98. The summed E-state index contributed by atoms with van der Waals surface area (Å²) in [6.45, 7) is 3.97. The third-order valence-corrected chi connectivity index (χ3v) is 2.98. The van der Waals surface area contributed by atoms with Crippen LogP contribution >= 0.6 is 0 Å². The van der Waals surface area contributed by atoms with Crippen molar-refractivity contribution in [3.05, 3.63) is 0 Å². The van der Waals surface area contributed by atoms with E-state index in [4.69, 9.17) is 4.84 Å². The molecule has 0 aromatic carbocycles. The van der Waals surface area contributed by atoms with E-state index in [9.17, 15) is 4.79 Å². The second kappa shape index (κ2) is 4.75. The molecule has 2 aliphatic rings. The Balaban J connectivity index is 1.63. The van der Waals surface area contributed by atoms with Gasteiger partial charge in [-0.1, -0.05) is 0 Å². The highest BCUT2D eigenvalue weighted by Crippen LogP contribution is 2.16. The van der Waals surface area contributed by atoms with Crippen LogP contribution in [0.2, 0.25) is 0 Å². The second-order valence-corrected chi connectivity index (χ2v) is 4.14. The standard InChI is InChI=1S/C10H18N2O2/c13-10-4-7-12(14-10)6-3-9-2-1-5-11-8-9/h9,11H,1-8H2. The number of carbonyl (C=O) groups excluding carboxylic acids is 1. The van der Waals surface area contributed by atoms with Gasteiger partial charge in [-0.05, 0) is 38.3 Å². The zero-order valence-corrected chi connectivity index (χ0v) is 8.50. The molecule has 4 nitrogen and oxygen atoms in total. The van der Waals surface area contributed by atoms with Gasteiger partial charge in [0.25, 0.3) is 0 Å². The van der Waals surface area contributed by atoms with Crippen molar-refractivity contribution in [1.29, 1.82) is 0 Å². The summed E-state index contributed by atoms with van der Waals surface area (Å²) < 4.78 is 0. The van der Waals surface area contributed by atoms with Gasteiger partial charge in [0.1, 0.15) is 0 Å². The van der Waals surface area contributed by atoms with Crippen molar-refractivity contribution in [2.45, 2.75) is 25.7 Å². The van der Waals surface area contributed by atoms with E-state index in [1.54, 1.807) is 5.06 Å². The number of hydroxylamine groups is 2. The fourth-order valence-electron chi connectivity index (χ4n) is 2.11. The van der Waals surface area contributed by atoms with Gasteiger partial charge >= 0.3 is 5.97 Å². The summed E-state index contributed by atoms with van der Waals surface area (Å²) in [5, 5.41) is 5.20. The molecule has 0 bridgehead atoms. The molecule has 2 fully saturated rings. The first-order valence-electron chi connectivity index (χ1n) is 5.51. The van der Waals surface area contributed by atoms with Crippen molar-refractivity contribution in [1.82, 2.24) is 10.4 Å². The van der Waals surface area contributed by atoms with Crippen LogP contribution in [-0.2, 0) is 9.63 Å². The highest BCUT2D eigenvalue weighted by molar-refractivity contribution is 5.70. The molecule has 4 heteroatoms. The van der Waals surface area contributed by atoms with Gasteiger partial charge in [-0.15, -0.1) is 5.06 Å². The fraction of sp³-hybridized carbons (Fsp3) is 0.900. The lowest BCUT2D eigenvalue weighted by molar-refractivity contribution is -0.170. The summed E-state index contributed by atoms with van der Waals surface area (Å²) in [5.74, 6) is 0.690. The Hall–Kier alpha value is -0.610. The molecule has 0 saturated carbocycles. The molecule has 2 aliphatic heterocycles. The van der Waals surface area contributed by atoms with E-state index in [1.807, 2.05) is 0 Å². The van der Waals surface area contributed by atoms with E-state index < -0.39 is 0 Å². The van der Waals surface area contributed by atoms with Crippen LogP contribution in [0.3, 0.4) is 0 Å². The van der Waals surface area contributed by atoms with Crippen LogP contribution in [-0.4, -0.2) is 37.2 Å². The molecular weight excluding hydrogens is 180 g/mol. The Morgan fingerprint density at radius 3 is 3.14 bits per heavy atom. The van der Waals surface area contributed by atoms with Crippen molar-refractivity contribution < 1.29 is 9.63 Å². The van der Waals surface area contributed by atoms with Crippen molar-refractivity contribution in [2.75, 3.05) is 26.2 Å². The first-order valence-corrected chi connectivity index (χ1v) is 5.51. The summed E-state index contributed by atoms with van der Waals surface area (Å²) in [5.41, 5.74) is 0. The number of carbonyl (C=O) groups is 1. The van der Waals surface area contributed by atoms with Gasteiger partial charge < -0.3 is 10.2 Å². The van der Waals surface area contributed by atoms with Crippen LogP contribution < -0.4 is 5.32 Å². The van der Waals surface area contributed by atoms with Crippen LogP contribution in [0.4, 0.5) is 0 Å². The summed E-state index contributed by atoms with van der Waals surface area (Å²) in [7, 11) is 0. The van der Waals surface area contributed by atoms with E-state index in [0.29, 0.717) is 6.42 Å². The summed E-state index contributed by atoms with van der Waals surface area (Å²) >= 11 is 0. The van der Waals surface area contributed by atoms with Crippen molar-refractivity contribution in [3.63, 3.8) is 0 Å². The number of rotatable bonds is 3. The Bertz CT molecular complexity index is 202. The van der Waals surface area contributed by atoms with E-state index in [2.05, 4.69) is 5.32 Å². The minimum absolute atomic E-state index is 0.0771. The largest absolute Gasteiger partial charge is 0.368 e. The number of hydrogen-bond acceptors (Lipinski definition) is 4. The normalized spacial score (nSPS) is 29.1. The second-order valence-electron chi connectivity index (χ2n) is 4.14. The first kappa shape index (κ1) is 9.93. The highest BCUT2D eigenvalue weighted by Gasteiger charge is 2.22. The molecule has 0 aromatic heterocycles. The van der Waals surface area contributed by atoms with Gasteiger partial charge in [-0.25, -0.2) is 0 Å². The molecule has 0 spiro atoms. The lowest BCUT2D eigenvalue weighted by atomic mass is 9.96. The molecule has 0 radical (unpaired) electrons. The molecule has 1 unspecified atom stereocenters. The number of piperidine rings is 1. The summed E-state index contributed by atoms with van der Waals surface area (Å²) in [6, 6.07) is 0. The van der Waals surface area contributed by atoms with Crippen LogP contribution in [0.15, 0.2) is 0 Å². The molecule has 2 heterocycles. The molecule has 0 aromatic rings. The summed E-state index contributed by atoms with van der Waals surface area (Å²) in [6.07, 6.45) is 4.29. The Morgan fingerprint density at radius 2 is 2.50 bits per heavy atom. The Labute approximate surface area is 84.6 Å². The molecule has 2 rings (SSSR count). The van der Waals surface area contributed by atoms with Gasteiger partial charge in [0, 0.05) is 13.1 Å². The number of nitrogens with zero attached hydrogens (tertiary/aromatic N) is 1. The predicted octanol–water partition coefficient (Wildman–Crippen LogP) is 0.540.